The molecule has 1 aromatic heterocycles. The Morgan fingerprint density at radius 1 is 1.23 bits per heavy atom. The predicted octanol–water partition coefficient (Wildman–Crippen LogP) is 3.73. The van der Waals surface area contributed by atoms with E-state index in [1.165, 1.54) is 0 Å². The second-order valence-electron chi connectivity index (χ2n) is 8.38. The Labute approximate surface area is 182 Å². The van der Waals surface area contributed by atoms with Crippen molar-refractivity contribution < 1.29 is 9.90 Å². The van der Waals surface area contributed by atoms with Gasteiger partial charge in [-0.05, 0) is 81.4 Å². The minimum atomic E-state index is -0.255. The first-order valence-electron chi connectivity index (χ1n) is 10.7. The summed E-state index contributed by atoms with van der Waals surface area (Å²) in [5.41, 5.74) is 4.50. The molecule has 1 aromatic carbocycles. The van der Waals surface area contributed by atoms with Gasteiger partial charge in [0, 0.05) is 34.7 Å². The van der Waals surface area contributed by atoms with Crippen LogP contribution in [0.3, 0.4) is 0 Å². The number of rotatable bonds is 9. The number of hydrogen-bond acceptors (Lipinski definition) is 5. The summed E-state index contributed by atoms with van der Waals surface area (Å²) in [7, 11) is 0. The first-order valence-corrected chi connectivity index (χ1v) is 12.1. The highest BCUT2D eigenvalue weighted by atomic mass is 32.2. The highest BCUT2D eigenvalue weighted by Crippen LogP contribution is 2.40. The van der Waals surface area contributed by atoms with E-state index in [2.05, 4.69) is 27.9 Å². The standard InChI is InChI=1S/C24H29N3O2S/c1-16-20(23(28)15-26-21-10-11-22(26)24(21)29)13-19(5-3-4-12-30-2)27(16)18-8-6-17(14-25)7-9-18/h6-9,13,21-22,24,29H,3-5,10-12,15H2,1-2H3. The van der Waals surface area contributed by atoms with Crippen LogP contribution in [0.2, 0.25) is 0 Å². The SMILES string of the molecule is CSCCCCc1cc(C(=O)CN2C3CCC2C3O)c(C)n1-c1ccc(C#N)cc1. The smallest absolute Gasteiger partial charge is 0.178 e. The van der Waals surface area contributed by atoms with Crippen LogP contribution in [-0.4, -0.2) is 57.1 Å². The number of aryl methyl sites for hydroxylation is 1. The number of Topliss-reactive ketones (excluding diaryl/α,β-unsaturated/α-hetero) is 1. The van der Waals surface area contributed by atoms with E-state index in [-0.39, 0.29) is 24.0 Å². The number of carbonyl (C=O) groups is 1. The van der Waals surface area contributed by atoms with E-state index in [1.54, 1.807) is 0 Å². The van der Waals surface area contributed by atoms with E-state index < -0.39 is 0 Å². The predicted molar refractivity (Wildman–Crippen MR) is 120 cm³/mol. The Kier molecular flexibility index (Phi) is 6.33. The van der Waals surface area contributed by atoms with Gasteiger partial charge in [-0.1, -0.05) is 0 Å². The molecule has 3 aliphatic rings. The van der Waals surface area contributed by atoms with Crippen LogP contribution in [0.1, 0.15) is 53.0 Å². The number of thioether (sulfide) groups is 1. The molecule has 2 atom stereocenters. The molecule has 158 valence electrons. The number of hydrogen-bond donors (Lipinski definition) is 1. The molecule has 30 heavy (non-hydrogen) atoms. The fraction of sp³-hybridized carbons (Fsp3) is 0.500. The molecule has 2 unspecified atom stereocenters. The average molecular weight is 424 g/mol. The van der Waals surface area contributed by atoms with Gasteiger partial charge >= 0.3 is 0 Å². The molecule has 1 aliphatic carbocycles. The fourth-order valence-corrected chi connectivity index (χ4v) is 5.52. The van der Waals surface area contributed by atoms with Gasteiger partial charge in [-0.15, -0.1) is 0 Å². The molecule has 2 saturated heterocycles. The summed E-state index contributed by atoms with van der Waals surface area (Å²) in [5.74, 6) is 1.27. The van der Waals surface area contributed by atoms with E-state index in [0.717, 1.165) is 60.5 Å². The summed E-state index contributed by atoms with van der Waals surface area (Å²) in [6.45, 7) is 2.40. The maximum absolute atomic E-state index is 13.2. The van der Waals surface area contributed by atoms with Gasteiger partial charge in [0.15, 0.2) is 5.78 Å². The molecule has 5 rings (SSSR count). The summed E-state index contributed by atoms with van der Waals surface area (Å²) in [5, 5.41) is 19.2. The van der Waals surface area contributed by atoms with Crippen molar-refractivity contribution in [2.75, 3.05) is 18.6 Å². The van der Waals surface area contributed by atoms with E-state index in [1.807, 2.05) is 43.0 Å². The number of aromatic nitrogens is 1. The Morgan fingerprint density at radius 3 is 2.53 bits per heavy atom. The number of aliphatic hydroxyl groups excluding tert-OH is 1. The van der Waals surface area contributed by atoms with Crippen LogP contribution in [0.5, 0.6) is 0 Å². The minimum Gasteiger partial charge on any atom is -0.390 e. The fourth-order valence-electron chi connectivity index (χ4n) is 5.03. The van der Waals surface area contributed by atoms with Gasteiger partial charge in [0.2, 0.25) is 0 Å². The average Bonchev–Trinajstić information content (AvgIpc) is 3.45. The van der Waals surface area contributed by atoms with Crippen LogP contribution >= 0.6 is 11.8 Å². The van der Waals surface area contributed by atoms with Crippen molar-refractivity contribution >= 4 is 17.5 Å². The number of carbonyl (C=O) groups excluding carboxylic acids is 1. The second-order valence-corrected chi connectivity index (χ2v) is 9.36. The van der Waals surface area contributed by atoms with Crippen molar-refractivity contribution in [1.82, 2.24) is 9.47 Å². The van der Waals surface area contributed by atoms with Crippen LogP contribution in [0.25, 0.3) is 5.69 Å². The number of nitriles is 1. The number of aliphatic hydroxyl groups is 1. The zero-order chi connectivity index (χ0) is 21.3. The molecular weight excluding hydrogens is 394 g/mol. The van der Waals surface area contributed by atoms with Crippen molar-refractivity contribution in [3.63, 3.8) is 0 Å². The molecule has 1 N–H and O–H groups in total. The minimum absolute atomic E-state index is 0.133. The number of unbranched alkanes of at least 4 members (excludes halogenated alkanes) is 1. The summed E-state index contributed by atoms with van der Waals surface area (Å²) in [6.07, 6.45) is 7.00. The van der Waals surface area contributed by atoms with Crippen LogP contribution in [0, 0.1) is 18.3 Å². The molecule has 2 bridgehead atoms. The van der Waals surface area contributed by atoms with Gasteiger partial charge < -0.3 is 9.67 Å². The van der Waals surface area contributed by atoms with Gasteiger partial charge in [0.25, 0.3) is 0 Å². The molecule has 5 nitrogen and oxygen atoms in total. The Hall–Kier alpha value is -2.07. The third-order valence-electron chi connectivity index (χ3n) is 6.63. The first kappa shape index (κ1) is 21.2. The molecule has 2 aliphatic heterocycles. The molecule has 3 heterocycles. The van der Waals surface area contributed by atoms with Gasteiger partial charge in [-0.25, -0.2) is 0 Å². The Morgan fingerprint density at radius 2 is 1.93 bits per heavy atom. The highest BCUT2D eigenvalue weighted by molar-refractivity contribution is 7.98. The van der Waals surface area contributed by atoms with Crippen LogP contribution in [0.4, 0.5) is 0 Å². The number of fused-ring (bicyclic) bond motifs is 1. The zero-order valence-electron chi connectivity index (χ0n) is 17.7. The van der Waals surface area contributed by atoms with Gasteiger partial charge in [0.1, 0.15) is 0 Å². The van der Waals surface area contributed by atoms with E-state index >= 15 is 0 Å². The first-order chi connectivity index (χ1) is 14.5. The van der Waals surface area contributed by atoms with Crippen LogP contribution in [-0.2, 0) is 6.42 Å². The largest absolute Gasteiger partial charge is 0.390 e. The summed E-state index contributed by atoms with van der Waals surface area (Å²) >= 11 is 1.86. The maximum Gasteiger partial charge on any atom is 0.178 e. The second kappa shape index (κ2) is 8.97. The van der Waals surface area contributed by atoms with Crippen molar-refractivity contribution in [3.8, 4) is 11.8 Å². The topological polar surface area (TPSA) is 69.3 Å². The molecule has 1 saturated carbocycles. The molecule has 6 heteroatoms. The van der Waals surface area contributed by atoms with Crippen LogP contribution in [0.15, 0.2) is 30.3 Å². The lowest BCUT2D eigenvalue weighted by Crippen LogP contribution is -2.62. The van der Waals surface area contributed by atoms with E-state index in [0.29, 0.717) is 12.1 Å². The lowest BCUT2D eigenvalue weighted by Gasteiger charge is -2.44. The lowest BCUT2D eigenvalue weighted by molar-refractivity contribution is -0.0672. The number of ketones is 1. The third kappa shape index (κ3) is 3.82. The van der Waals surface area contributed by atoms with Crippen molar-refractivity contribution in [2.45, 2.75) is 57.2 Å². The molecular formula is C24H29N3O2S. The lowest BCUT2D eigenvalue weighted by atomic mass is 9.98. The molecule has 3 fully saturated rings. The van der Waals surface area contributed by atoms with Crippen LogP contribution < -0.4 is 0 Å². The highest BCUT2D eigenvalue weighted by Gasteiger charge is 2.53. The van der Waals surface area contributed by atoms with Crippen molar-refractivity contribution in [2.24, 2.45) is 0 Å². The summed E-state index contributed by atoms with van der Waals surface area (Å²) in [6, 6.07) is 12.1. The zero-order valence-corrected chi connectivity index (χ0v) is 18.5. The third-order valence-corrected chi connectivity index (χ3v) is 7.33. The van der Waals surface area contributed by atoms with E-state index in [9.17, 15) is 9.90 Å². The molecule has 0 spiro atoms. The van der Waals surface area contributed by atoms with Crippen molar-refractivity contribution in [3.05, 3.63) is 52.8 Å². The normalized spacial score (nSPS) is 22.7. The molecule has 2 aromatic rings. The van der Waals surface area contributed by atoms with E-state index in [4.69, 9.17) is 5.26 Å². The monoisotopic (exact) mass is 423 g/mol. The molecule has 0 amide bonds. The summed E-state index contributed by atoms with van der Waals surface area (Å²) in [4.78, 5) is 15.4. The number of nitrogens with zero attached hydrogens (tertiary/aromatic N) is 3. The Bertz CT molecular complexity index is 948. The maximum atomic E-state index is 13.2. The van der Waals surface area contributed by atoms with Gasteiger partial charge in [-0.2, -0.15) is 17.0 Å². The van der Waals surface area contributed by atoms with Crippen molar-refractivity contribution in [1.29, 1.82) is 5.26 Å². The molecule has 0 radical (unpaired) electrons. The number of benzene rings is 1. The van der Waals surface area contributed by atoms with Gasteiger partial charge in [-0.3, -0.25) is 9.69 Å². The van der Waals surface area contributed by atoms with Gasteiger partial charge in [0.05, 0.1) is 24.3 Å². The quantitative estimate of drug-likeness (QED) is 0.492. The summed E-state index contributed by atoms with van der Waals surface area (Å²) < 4.78 is 2.17. The Balaban J connectivity index is 1.59.